The molecule has 100 valence electrons. The van der Waals surface area contributed by atoms with Crippen LogP contribution >= 0.6 is 11.8 Å². The molecule has 19 heavy (non-hydrogen) atoms. The van der Waals surface area contributed by atoms with Gasteiger partial charge >= 0.3 is 0 Å². The van der Waals surface area contributed by atoms with Crippen LogP contribution in [0.2, 0.25) is 0 Å². The van der Waals surface area contributed by atoms with Gasteiger partial charge in [0, 0.05) is 10.5 Å². The fraction of sp³-hybridized carbons (Fsp3) is 0.273. The highest BCUT2D eigenvalue weighted by atomic mass is 32.2. The van der Waals surface area contributed by atoms with E-state index in [2.05, 4.69) is 15.5 Å². The van der Waals surface area contributed by atoms with Crippen LogP contribution in [-0.2, 0) is 6.80 Å². The van der Waals surface area contributed by atoms with Crippen LogP contribution in [0.4, 0.5) is 4.39 Å². The summed E-state index contributed by atoms with van der Waals surface area (Å²) in [4.78, 5) is 12.1. The third kappa shape index (κ3) is 2.73. The summed E-state index contributed by atoms with van der Waals surface area (Å²) in [6, 6.07) is 5.00. The van der Waals surface area contributed by atoms with Crippen molar-refractivity contribution in [1.82, 2.24) is 20.2 Å². The zero-order valence-electron chi connectivity index (χ0n) is 10.2. The average Bonchev–Trinajstić information content (AvgIpc) is 2.87. The Morgan fingerprint density at radius 3 is 2.95 bits per heavy atom. The molecule has 0 aliphatic rings. The third-order valence-corrected chi connectivity index (χ3v) is 3.39. The molecule has 0 bridgehead atoms. The van der Waals surface area contributed by atoms with Crippen molar-refractivity contribution in [2.45, 2.75) is 18.6 Å². The minimum Gasteiger partial charge on any atom is -0.366 e. The number of thioether (sulfide) groups is 1. The quantitative estimate of drug-likeness (QED) is 0.839. The number of nitrogens with zero attached hydrogens (tertiary/aromatic N) is 4. The van der Waals surface area contributed by atoms with Crippen molar-refractivity contribution in [2.24, 2.45) is 5.73 Å². The zero-order valence-corrected chi connectivity index (χ0v) is 11.0. The lowest BCUT2D eigenvalue weighted by Crippen LogP contribution is -2.12. The van der Waals surface area contributed by atoms with Crippen LogP contribution in [-0.4, -0.2) is 31.9 Å². The van der Waals surface area contributed by atoms with E-state index in [4.69, 9.17) is 5.73 Å². The number of tetrazole rings is 1. The summed E-state index contributed by atoms with van der Waals surface area (Å²) in [5.74, 6) is 0.613. The van der Waals surface area contributed by atoms with Crippen LogP contribution in [0.3, 0.4) is 0 Å². The highest BCUT2D eigenvalue weighted by molar-refractivity contribution is 7.99. The minimum absolute atomic E-state index is 0.316. The molecule has 6 nitrogen and oxygen atoms in total. The number of rotatable bonds is 5. The Kier molecular flexibility index (Phi) is 4.10. The summed E-state index contributed by atoms with van der Waals surface area (Å²) in [5.41, 5.74) is 6.39. The predicted octanol–water partition coefficient (Wildman–Crippen LogP) is 1.48. The van der Waals surface area contributed by atoms with E-state index >= 15 is 0 Å². The molecule has 1 amide bonds. The molecular weight excluding hydrogens is 269 g/mol. The Labute approximate surface area is 113 Å². The van der Waals surface area contributed by atoms with Gasteiger partial charge < -0.3 is 5.73 Å². The lowest BCUT2D eigenvalue weighted by molar-refractivity contribution is 0.0997. The van der Waals surface area contributed by atoms with E-state index in [0.717, 1.165) is 15.3 Å². The molecule has 0 spiro atoms. The van der Waals surface area contributed by atoms with Gasteiger partial charge in [-0.2, -0.15) is 4.68 Å². The maximum Gasteiger partial charge on any atom is 0.249 e. The van der Waals surface area contributed by atoms with Gasteiger partial charge in [0.15, 0.2) is 12.6 Å². The number of primary amides is 1. The number of nitrogens with two attached hydrogens (primary N) is 1. The summed E-state index contributed by atoms with van der Waals surface area (Å²) in [5, 5.41) is 10.7. The molecule has 2 rings (SSSR count). The zero-order chi connectivity index (χ0) is 13.8. The number of halogens is 1. The molecule has 1 heterocycles. The number of benzene rings is 1. The Hall–Kier alpha value is -1.96. The summed E-state index contributed by atoms with van der Waals surface area (Å²) in [6.07, 6.45) is 0. The molecule has 0 radical (unpaired) electrons. The number of carbonyl (C=O) groups is 1. The Morgan fingerprint density at radius 2 is 2.32 bits per heavy atom. The number of aromatic nitrogens is 4. The van der Waals surface area contributed by atoms with Gasteiger partial charge in [0.1, 0.15) is 0 Å². The van der Waals surface area contributed by atoms with Gasteiger partial charge in [-0.1, -0.05) is 13.0 Å². The van der Waals surface area contributed by atoms with E-state index in [1.54, 1.807) is 18.2 Å². The van der Waals surface area contributed by atoms with Gasteiger partial charge in [-0.3, -0.25) is 4.79 Å². The minimum atomic E-state index is -0.809. The summed E-state index contributed by atoms with van der Waals surface area (Å²) >= 11 is 1.48. The van der Waals surface area contributed by atoms with Crippen molar-refractivity contribution in [3.8, 4) is 11.4 Å². The van der Waals surface area contributed by atoms with Crippen molar-refractivity contribution < 1.29 is 9.18 Å². The summed E-state index contributed by atoms with van der Waals surface area (Å²) in [6.45, 7) is 1.16. The lowest BCUT2D eigenvalue weighted by atomic mass is 10.1. The number of hydrogen-bond donors (Lipinski definition) is 1. The molecule has 1 aromatic heterocycles. The van der Waals surface area contributed by atoms with E-state index < -0.39 is 12.7 Å². The molecule has 0 aliphatic carbocycles. The van der Waals surface area contributed by atoms with Crippen LogP contribution in [0.5, 0.6) is 0 Å². The second-order valence-corrected chi connectivity index (χ2v) is 4.94. The van der Waals surface area contributed by atoms with E-state index in [0.29, 0.717) is 17.0 Å². The Balaban J connectivity index is 2.48. The molecule has 0 aliphatic heterocycles. The van der Waals surface area contributed by atoms with Gasteiger partial charge in [-0.15, -0.1) is 16.9 Å². The van der Waals surface area contributed by atoms with Crippen molar-refractivity contribution >= 4 is 17.7 Å². The van der Waals surface area contributed by atoms with Crippen LogP contribution in [0.25, 0.3) is 11.4 Å². The molecule has 2 N–H and O–H groups in total. The molecule has 2 aromatic rings. The topological polar surface area (TPSA) is 86.7 Å². The van der Waals surface area contributed by atoms with Gasteiger partial charge in [0.2, 0.25) is 5.91 Å². The maximum absolute atomic E-state index is 12.7. The van der Waals surface area contributed by atoms with Gasteiger partial charge in [0.25, 0.3) is 0 Å². The van der Waals surface area contributed by atoms with Gasteiger partial charge in [-0.25, -0.2) is 4.39 Å². The highest BCUT2D eigenvalue weighted by Crippen LogP contribution is 2.27. The average molecular weight is 281 g/mol. The van der Waals surface area contributed by atoms with E-state index in [1.165, 1.54) is 11.8 Å². The second-order valence-electron chi connectivity index (χ2n) is 3.63. The molecule has 8 heteroatoms. The van der Waals surface area contributed by atoms with Crippen molar-refractivity contribution in [2.75, 3.05) is 5.75 Å². The van der Waals surface area contributed by atoms with Gasteiger partial charge in [0.05, 0.1) is 5.56 Å². The number of amides is 1. The van der Waals surface area contributed by atoms with Crippen molar-refractivity contribution in [3.05, 3.63) is 23.8 Å². The molecule has 0 saturated carbocycles. The Bertz CT molecular complexity index is 601. The first kappa shape index (κ1) is 13.5. The molecule has 0 fully saturated rings. The highest BCUT2D eigenvalue weighted by Gasteiger charge is 2.13. The lowest BCUT2D eigenvalue weighted by Gasteiger charge is -2.07. The van der Waals surface area contributed by atoms with Crippen LogP contribution in [0, 0.1) is 0 Å². The standard InChI is InChI=1S/C11H12FN5OS/c1-2-19-9-5-7(3-4-8(9)10(13)18)11-14-15-16-17(11)6-12/h3-5H,2,6H2,1H3,(H2,13,18). The predicted molar refractivity (Wildman–Crippen MR) is 69.3 cm³/mol. The van der Waals surface area contributed by atoms with Crippen LogP contribution < -0.4 is 5.73 Å². The fourth-order valence-electron chi connectivity index (χ4n) is 1.63. The SMILES string of the molecule is CCSc1cc(-c2nnnn2CF)ccc1C(N)=O. The van der Waals surface area contributed by atoms with E-state index in [9.17, 15) is 9.18 Å². The normalized spacial score (nSPS) is 10.6. The van der Waals surface area contributed by atoms with Crippen molar-refractivity contribution in [1.29, 1.82) is 0 Å². The van der Waals surface area contributed by atoms with Gasteiger partial charge in [-0.05, 0) is 28.3 Å². The first-order chi connectivity index (χ1) is 9.17. The number of alkyl halides is 1. The third-order valence-electron chi connectivity index (χ3n) is 2.45. The van der Waals surface area contributed by atoms with Crippen LogP contribution in [0.1, 0.15) is 17.3 Å². The second kappa shape index (κ2) is 5.79. The Morgan fingerprint density at radius 1 is 1.53 bits per heavy atom. The van der Waals surface area contributed by atoms with E-state index in [1.807, 2.05) is 6.92 Å². The molecule has 1 aromatic carbocycles. The van der Waals surface area contributed by atoms with Crippen molar-refractivity contribution in [3.63, 3.8) is 0 Å². The smallest absolute Gasteiger partial charge is 0.249 e. The number of carbonyl (C=O) groups excluding carboxylic acids is 1. The fourth-order valence-corrected chi connectivity index (χ4v) is 2.48. The first-order valence-corrected chi connectivity index (χ1v) is 6.55. The summed E-state index contributed by atoms with van der Waals surface area (Å²) in [7, 11) is 0. The molecule has 0 saturated heterocycles. The number of hydrogen-bond acceptors (Lipinski definition) is 5. The molecular formula is C11H12FN5OS. The maximum atomic E-state index is 12.7. The van der Waals surface area contributed by atoms with E-state index in [-0.39, 0.29) is 0 Å². The largest absolute Gasteiger partial charge is 0.366 e. The first-order valence-electron chi connectivity index (χ1n) is 5.56. The molecule has 0 unspecified atom stereocenters. The monoisotopic (exact) mass is 281 g/mol. The van der Waals surface area contributed by atoms with Crippen LogP contribution in [0.15, 0.2) is 23.1 Å². The molecule has 0 atom stereocenters. The summed E-state index contributed by atoms with van der Waals surface area (Å²) < 4.78 is 13.7.